The van der Waals surface area contributed by atoms with Gasteiger partial charge in [0.2, 0.25) is 5.91 Å². The van der Waals surface area contributed by atoms with Crippen molar-refractivity contribution in [3.8, 4) is 0 Å². The Kier molecular flexibility index (Phi) is 13.1. The first-order valence-electron chi connectivity index (χ1n) is 32.4. The molecular formula is C70H104N2O7. The second-order valence-electron chi connectivity index (χ2n) is 32.3. The summed E-state index contributed by atoms with van der Waals surface area (Å²) in [6.45, 7) is 28.6. The first-order valence-corrected chi connectivity index (χ1v) is 32.4. The number of nitrogens with zero attached hydrogens (tertiary/aromatic N) is 1. The number of aliphatic hydroxyl groups is 4. The van der Waals surface area contributed by atoms with E-state index in [2.05, 4.69) is 117 Å². The highest BCUT2D eigenvalue weighted by molar-refractivity contribution is 5.73. The van der Waals surface area contributed by atoms with Gasteiger partial charge in [0.05, 0.1) is 48.8 Å². The number of hydrogen-bond acceptors (Lipinski definition) is 8. The monoisotopic (exact) mass is 1080 g/mol. The normalized spacial score (nSPS) is 52.5. The van der Waals surface area contributed by atoms with Gasteiger partial charge in [-0.2, -0.15) is 0 Å². The van der Waals surface area contributed by atoms with Crippen molar-refractivity contribution < 1.29 is 34.7 Å². The molecule has 4 spiro atoms. The molecule has 436 valence electrons. The smallest absolute Gasteiger partial charge is 0.219 e. The molecule has 5 N–H and O–H groups in total. The highest BCUT2D eigenvalue weighted by Crippen LogP contribution is 2.91. The van der Waals surface area contributed by atoms with Gasteiger partial charge in [-0.3, -0.25) is 4.79 Å². The number of carbonyl (C=O) groups is 1. The Hall–Kier alpha value is -2.37. The summed E-state index contributed by atoms with van der Waals surface area (Å²) in [6.07, 6.45) is 17.3. The number of hydrogen-bond donors (Lipinski definition) is 5. The van der Waals surface area contributed by atoms with Gasteiger partial charge in [-0.1, -0.05) is 130 Å². The van der Waals surface area contributed by atoms with Gasteiger partial charge in [0, 0.05) is 43.9 Å². The van der Waals surface area contributed by atoms with Gasteiger partial charge >= 0.3 is 0 Å². The Labute approximate surface area is 475 Å². The van der Waals surface area contributed by atoms with Gasteiger partial charge in [0.25, 0.3) is 0 Å². The number of ether oxygens (including phenoxy) is 2. The van der Waals surface area contributed by atoms with Crippen molar-refractivity contribution in [2.75, 3.05) is 13.1 Å². The second-order valence-corrected chi connectivity index (χ2v) is 32.3. The van der Waals surface area contributed by atoms with E-state index >= 15 is 0 Å². The van der Waals surface area contributed by atoms with Crippen LogP contribution < -0.4 is 5.32 Å². The molecule has 2 aliphatic heterocycles. The molecule has 2 saturated heterocycles. The third-order valence-electron chi connectivity index (χ3n) is 29.3. The van der Waals surface area contributed by atoms with Crippen molar-refractivity contribution in [3.63, 3.8) is 0 Å². The van der Waals surface area contributed by atoms with Crippen molar-refractivity contribution in [1.82, 2.24) is 10.2 Å². The number of amides is 1. The molecular weight excluding hydrogens is 981 g/mol. The third-order valence-corrected chi connectivity index (χ3v) is 29.3. The predicted octanol–water partition coefficient (Wildman–Crippen LogP) is 12.2. The molecule has 10 aliphatic carbocycles. The molecule has 2 heterocycles. The summed E-state index contributed by atoms with van der Waals surface area (Å²) in [4.78, 5) is 14.6. The fourth-order valence-corrected chi connectivity index (χ4v) is 25.4. The van der Waals surface area contributed by atoms with Crippen LogP contribution >= 0.6 is 0 Å². The average Bonchev–Trinajstić information content (AvgIpc) is 1.60. The van der Waals surface area contributed by atoms with Gasteiger partial charge in [-0.15, -0.1) is 0 Å². The van der Waals surface area contributed by atoms with E-state index in [1.54, 1.807) is 6.92 Å². The fraction of sp³-hybridized carbons (Fsp3) is 0.814. The van der Waals surface area contributed by atoms with Crippen molar-refractivity contribution in [3.05, 3.63) is 71.8 Å². The Balaban J connectivity index is 0.000000150. The fourth-order valence-electron chi connectivity index (χ4n) is 25.4. The number of carbonyl (C=O) groups excluding carboxylic acids is 1. The highest BCUT2D eigenvalue weighted by atomic mass is 16.5. The van der Waals surface area contributed by atoms with E-state index in [-0.39, 0.29) is 75.0 Å². The largest absolute Gasteiger partial charge is 0.393 e. The van der Waals surface area contributed by atoms with Gasteiger partial charge < -0.3 is 40.1 Å². The van der Waals surface area contributed by atoms with Crippen molar-refractivity contribution >= 4 is 5.91 Å². The summed E-state index contributed by atoms with van der Waals surface area (Å²) in [5.41, 5.74) is 3.74. The average molecular weight is 1090 g/mol. The van der Waals surface area contributed by atoms with Crippen LogP contribution in [0, 0.1) is 101 Å². The summed E-state index contributed by atoms with van der Waals surface area (Å²) in [6, 6.07) is 20.8. The van der Waals surface area contributed by atoms with Crippen molar-refractivity contribution in [1.29, 1.82) is 0 Å². The molecule has 2 aromatic rings. The minimum absolute atomic E-state index is 0.00819. The van der Waals surface area contributed by atoms with Crippen LogP contribution in [0.25, 0.3) is 0 Å². The zero-order valence-corrected chi connectivity index (χ0v) is 50.6. The van der Waals surface area contributed by atoms with Gasteiger partial charge in [-0.25, -0.2) is 0 Å². The molecule has 0 bridgehead atoms. The van der Waals surface area contributed by atoms with Crippen molar-refractivity contribution in [2.45, 2.75) is 241 Å². The first kappa shape index (κ1) is 55.8. The molecule has 24 atom stereocenters. The van der Waals surface area contributed by atoms with E-state index < -0.39 is 12.2 Å². The van der Waals surface area contributed by atoms with Crippen LogP contribution in [0.15, 0.2) is 60.7 Å². The topological polar surface area (TPSA) is 132 Å². The van der Waals surface area contributed by atoms with E-state index in [0.717, 1.165) is 57.2 Å². The highest BCUT2D eigenvalue weighted by Gasteiger charge is 2.86. The summed E-state index contributed by atoms with van der Waals surface area (Å²) in [7, 11) is 0. The molecule has 0 radical (unpaired) electrons. The maximum Gasteiger partial charge on any atom is 0.219 e. The summed E-state index contributed by atoms with van der Waals surface area (Å²) in [5, 5.41) is 50.3. The minimum Gasteiger partial charge on any atom is -0.393 e. The lowest BCUT2D eigenvalue weighted by atomic mass is 9.41. The zero-order chi connectivity index (χ0) is 55.9. The third kappa shape index (κ3) is 7.38. The van der Waals surface area contributed by atoms with Crippen LogP contribution in [-0.4, -0.2) is 93.2 Å². The molecule has 4 unspecified atom stereocenters. The van der Waals surface area contributed by atoms with Crippen molar-refractivity contribution in [2.24, 2.45) is 101 Å². The van der Waals surface area contributed by atoms with Crippen LogP contribution in [0.5, 0.6) is 0 Å². The summed E-state index contributed by atoms with van der Waals surface area (Å²) >= 11 is 0. The molecule has 12 fully saturated rings. The van der Waals surface area contributed by atoms with Gasteiger partial charge in [0.15, 0.2) is 0 Å². The Morgan fingerprint density at radius 3 is 1.44 bits per heavy atom. The zero-order valence-electron chi connectivity index (χ0n) is 50.6. The molecule has 79 heavy (non-hydrogen) atoms. The summed E-state index contributed by atoms with van der Waals surface area (Å²) in [5.74, 6) is 4.14. The molecule has 9 heteroatoms. The van der Waals surface area contributed by atoms with Crippen LogP contribution in [0.2, 0.25) is 0 Å². The summed E-state index contributed by atoms with van der Waals surface area (Å²) < 4.78 is 13.8. The van der Waals surface area contributed by atoms with E-state index in [9.17, 15) is 25.2 Å². The number of nitrogens with one attached hydrogen (secondary N) is 1. The molecule has 12 aliphatic rings. The maximum absolute atomic E-state index is 12.7. The maximum atomic E-state index is 12.7. The molecule has 14 rings (SSSR count). The first-order chi connectivity index (χ1) is 37.3. The van der Waals surface area contributed by atoms with E-state index in [1.165, 1.54) is 69.8 Å². The lowest BCUT2D eigenvalue weighted by Gasteiger charge is -2.63. The predicted molar refractivity (Wildman–Crippen MR) is 310 cm³/mol. The lowest BCUT2D eigenvalue weighted by molar-refractivity contribution is -0.182. The van der Waals surface area contributed by atoms with E-state index in [4.69, 9.17) is 9.47 Å². The SMILES string of the molecule is CC(=O)N(Cc1ccccc1)C[C@H]1C[C@@H](C)[C@H]2[C@H](O1)[C@H](O)[C@@]1(C)C3CCC4C(C)(C)[C@@H](O)CC[C@@]45C[C@@]35CC[C@]21C.C[C@@H]1C[C@H](CNCc2ccccc2)O[C@H]2[C@H]1[C@@]1(C)CC[C@@]34C[C@@]35CC[C@H](O)C(C)(C)C5CCC4[C@]1(C)[C@H]2O. The number of benzene rings is 2. The van der Waals surface area contributed by atoms with Crippen LogP contribution in [0.1, 0.15) is 190 Å². The Morgan fingerprint density at radius 2 is 0.975 bits per heavy atom. The Bertz CT molecular complexity index is 2630. The molecule has 10 saturated carbocycles. The Morgan fingerprint density at radius 1 is 0.557 bits per heavy atom. The molecule has 1 amide bonds. The number of rotatable bonds is 8. The van der Waals surface area contributed by atoms with Crippen LogP contribution in [0.4, 0.5) is 0 Å². The van der Waals surface area contributed by atoms with Gasteiger partial charge in [-0.05, 0) is 205 Å². The number of fused-ring (bicyclic) bond motifs is 8. The van der Waals surface area contributed by atoms with Gasteiger partial charge in [0.1, 0.15) is 0 Å². The molecule has 9 nitrogen and oxygen atoms in total. The quantitative estimate of drug-likeness (QED) is 0.177. The minimum atomic E-state index is -0.485. The van der Waals surface area contributed by atoms with E-state index in [0.29, 0.717) is 82.1 Å². The molecule has 0 aromatic heterocycles. The second kappa shape index (κ2) is 18.6. The standard InChI is InChI=1S/C36H53NO4.C34H51NO3/c1-22-18-25(20-37(23(2)38)19-24-10-8-7-9-11-24)41-30-29(22)33(5)16-17-36-21-35(36)15-14-28(39)32(3,4)26(35)12-13-27(36)34(33,6)31(30)40;1-21-17-23(19-35-18-22-9-7-6-8-10-22)38-28-27(21)31(4)15-16-34-20-33(34)14-13-26(36)30(2,3)24(33)11-12-25(34)32(31,5)29(28)37/h7-11,22,25-31,39-40H,12-21H2,1-6H3;6-10,21,23-29,35-37H,11-20H2,1-5H3/t22-,25-,26?,27?,28+,29+,30+,31+,33-,34-,35-,36+;21-,23-,24?,25?,26+,27+,28+,29+,31-,32-,33-,34+/m11/s1. The van der Waals surface area contributed by atoms with E-state index in [1.807, 2.05) is 23.1 Å². The van der Waals surface area contributed by atoms with Crippen LogP contribution in [0.3, 0.4) is 0 Å². The lowest BCUT2D eigenvalue weighted by Crippen LogP contribution is -2.59. The number of aliphatic hydroxyl groups excluding tert-OH is 4. The molecule has 2 aromatic carbocycles. The van der Waals surface area contributed by atoms with Crippen LogP contribution in [-0.2, 0) is 27.4 Å².